The third kappa shape index (κ3) is 2.54. The number of hydrogen-bond acceptors (Lipinski definition) is 2. The Labute approximate surface area is 103 Å². The number of halogens is 1. The fraction of sp³-hybridized carbons (Fsp3) is 1.00. The highest BCUT2D eigenvalue weighted by molar-refractivity contribution is 7.90. The first-order valence-corrected chi connectivity index (χ1v) is 8.25. The Kier molecular flexibility index (Phi) is 3.82. The van der Waals surface area contributed by atoms with Crippen molar-refractivity contribution in [1.82, 2.24) is 4.72 Å². The quantitative estimate of drug-likeness (QED) is 0.794. The van der Waals surface area contributed by atoms with Crippen molar-refractivity contribution >= 4 is 21.6 Å². The van der Waals surface area contributed by atoms with Gasteiger partial charge in [0.15, 0.2) is 0 Å². The van der Waals surface area contributed by atoms with Gasteiger partial charge in [0.25, 0.3) is 0 Å². The third-order valence-corrected chi connectivity index (χ3v) is 6.49. The van der Waals surface area contributed by atoms with Crippen LogP contribution in [0.15, 0.2) is 0 Å². The molecule has 5 heteroatoms. The zero-order valence-corrected chi connectivity index (χ0v) is 11.1. The number of sulfonamides is 1. The molecule has 2 aliphatic rings. The standard InChI is InChI=1S/C11H20ClNO2S/c12-9-11(7-3-4-8-11)13-16(14,15)10-5-1-2-6-10/h10,13H,1-9H2. The Morgan fingerprint density at radius 2 is 1.69 bits per heavy atom. The highest BCUT2D eigenvalue weighted by atomic mass is 35.5. The molecule has 0 spiro atoms. The molecule has 0 radical (unpaired) electrons. The van der Waals surface area contributed by atoms with E-state index in [2.05, 4.69) is 4.72 Å². The van der Waals surface area contributed by atoms with Gasteiger partial charge >= 0.3 is 0 Å². The van der Waals surface area contributed by atoms with Crippen LogP contribution in [0.1, 0.15) is 51.4 Å². The number of hydrogen-bond donors (Lipinski definition) is 1. The molecule has 0 aromatic rings. The maximum Gasteiger partial charge on any atom is 0.215 e. The van der Waals surface area contributed by atoms with Gasteiger partial charge in [-0.1, -0.05) is 25.7 Å². The van der Waals surface area contributed by atoms with E-state index in [4.69, 9.17) is 11.6 Å². The van der Waals surface area contributed by atoms with Gasteiger partial charge in [-0.25, -0.2) is 13.1 Å². The summed E-state index contributed by atoms with van der Waals surface area (Å²) in [6.07, 6.45) is 7.66. The van der Waals surface area contributed by atoms with Gasteiger partial charge in [0, 0.05) is 11.4 Å². The van der Waals surface area contributed by atoms with E-state index in [1.54, 1.807) is 0 Å². The topological polar surface area (TPSA) is 46.2 Å². The normalized spacial score (nSPS) is 26.3. The second-order valence-corrected chi connectivity index (χ2v) is 7.40. The lowest BCUT2D eigenvalue weighted by Gasteiger charge is -2.29. The second kappa shape index (κ2) is 4.83. The average molecular weight is 266 g/mol. The van der Waals surface area contributed by atoms with Gasteiger partial charge in [-0.2, -0.15) is 0 Å². The molecule has 2 fully saturated rings. The lowest BCUT2D eigenvalue weighted by molar-refractivity contribution is 0.428. The van der Waals surface area contributed by atoms with E-state index >= 15 is 0 Å². The van der Waals surface area contributed by atoms with Gasteiger partial charge in [0.2, 0.25) is 10.0 Å². The van der Waals surface area contributed by atoms with Gasteiger partial charge < -0.3 is 0 Å². The second-order valence-electron chi connectivity index (χ2n) is 5.17. The predicted molar refractivity (Wildman–Crippen MR) is 66.2 cm³/mol. The lowest BCUT2D eigenvalue weighted by atomic mass is 10.0. The van der Waals surface area contributed by atoms with Crippen molar-refractivity contribution in [2.45, 2.75) is 62.2 Å². The summed E-state index contributed by atoms with van der Waals surface area (Å²) in [5.41, 5.74) is -0.344. The number of rotatable bonds is 4. The van der Waals surface area contributed by atoms with E-state index in [0.29, 0.717) is 5.88 Å². The SMILES string of the molecule is O=S(=O)(NC1(CCl)CCCC1)C1CCCC1. The minimum Gasteiger partial charge on any atom is -0.212 e. The summed E-state index contributed by atoms with van der Waals surface area (Å²) >= 11 is 5.95. The Morgan fingerprint density at radius 3 is 2.19 bits per heavy atom. The summed E-state index contributed by atoms with van der Waals surface area (Å²) in [7, 11) is -3.15. The van der Waals surface area contributed by atoms with Crippen LogP contribution in [0, 0.1) is 0 Å². The average Bonchev–Trinajstić information content (AvgIpc) is 2.87. The van der Waals surface area contributed by atoms with Crippen molar-refractivity contribution in [3.05, 3.63) is 0 Å². The van der Waals surface area contributed by atoms with Gasteiger partial charge in [-0.3, -0.25) is 0 Å². The summed E-state index contributed by atoms with van der Waals surface area (Å²) in [6.45, 7) is 0. The van der Waals surface area contributed by atoms with Crippen LogP contribution in [0.2, 0.25) is 0 Å². The van der Waals surface area contributed by atoms with Gasteiger partial charge in [-0.15, -0.1) is 11.6 Å². The first kappa shape index (κ1) is 12.7. The zero-order valence-electron chi connectivity index (χ0n) is 9.54. The van der Waals surface area contributed by atoms with Crippen molar-refractivity contribution in [1.29, 1.82) is 0 Å². The van der Waals surface area contributed by atoms with Crippen molar-refractivity contribution in [2.24, 2.45) is 0 Å². The highest BCUT2D eigenvalue weighted by Crippen LogP contribution is 2.33. The molecule has 0 amide bonds. The Balaban J connectivity index is 2.06. The van der Waals surface area contributed by atoms with Crippen molar-refractivity contribution in [3.63, 3.8) is 0 Å². The summed E-state index contributed by atoms with van der Waals surface area (Å²) < 4.78 is 27.3. The van der Waals surface area contributed by atoms with Crippen LogP contribution in [-0.4, -0.2) is 25.1 Å². The maximum atomic E-state index is 12.2. The molecule has 3 nitrogen and oxygen atoms in total. The van der Waals surface area contributed by atoms with E-state index in [-0.39, 0.29) is 10.8 Å². The molecule has 0 bridgehead atoms. The molecule has 0 aromatic carbocycles. The molecular weight excluding hydrogens is 246 g/mol. The fourth-order valence-corrected chi connectivity index (χ4v) is 5.31. The van der Waals surface area contributed by atoms with Crippen molar-refractivity contribution < 1.29 is 8.42 Å². The lowest BCUT2D eigenvalue weighted by Crippen LogP contribution is -2.50. The first-order valence-electron chi connectivity index (χ1n) is 6.17. The van der Waals surface area contributed by atoms with Crippen LogP contribution in [0.3, 0.4) is 0 Å². The van der Waals surface area contributed by atoms with E-state index < -0.39 is 10.0 Å². The molecule has 94 valence electrons. The van der Waals surface area contributed by atoms with E-state index in [1.165, 1.54) is 0 Å². The third-order valence-electron chi connectivity index (χ3n) is 3.92. The minimum atomic E-state index is -3.15. The van der Waals surface area contributed by atoms with Crippen LogP contribution >= 0.6 is 11.6 Å². The molecular formula is C11H20ClNO2S. The maximum absolute atomic E-state index is 12.2. The molecule has 0 unspecified atom stereocenters. The summed E-state index contributed by atoms with van der Waals surface area (Å²) in [4.78, 5) is 0. The molecule has 1 N–H and O–H groups in total. The van der Waals surface area contributed by atoms with E-state index in [1.807, 2.05) is 0 Å². The molecule has 16 heavy (non-hydrogen) atoms. The summed E-state index contributed by atoms with van der Waals surface area (Å²) in [5, 5.41) is -0.173. The van der Waals surface area contributed by atoms with Crippen LogP contribution < -0.4 is 4.72 Å². The minimum absolute atomic E-state index is 0.173. The molecule has 0 saturated heterocycles. The molecule has 2 saturated carbocycles. The number of nitrogens with one attached hydrogen (secondary N) is 1. The zero-order chi connectivity index (χ0) is 11.6. The Morgan fingerprint density at radius 1 is 1.12 bits per heavy atom. The van der Waals surface area contributed by atoms with Crippen molar-refractivity contribution in [3.8, 4) is 0 Å². The van der Waals surface area contributed by atoms with Gasteiger partial charge in [0.05, 0.1) is 5.25 Å². The summed E-state index contributed by atoms with van der Waals surface area (Å²) in [6, 6.07) is 0. The largest absolute Gasteiger partial charge is 0.215 e. The van der Waals surface area contributed by atoms with Crippen LogP contribution in [0.25, 0.3) is 0 Å². The fourth-order valence-electron chi connectivity index (χ4n) is 2.90. The summed E-state index contributed by atoms with van der Waals surface area (Å²) in [5.74, 6) is 0.402. The van der Waals surface area contributed by atoms with Gasteiger partial charge in [0.1, 0.15) is 0 Å². The highest BCUT2D eigenvalue weighted by Gasteiger charge is 2.40. The Hall–Kier alpha value is 0.200. The van der Waals surface area contributed by atoms with Crippen LogP contribution in [0.5, 0.6) is 0 Å². The molecule has 0 aliphatic heterocycles. The molecule has 2 rings (SSSR count). The smallest absolute Gasteiger partial charge is 0.212 e. The van der Waals surface area contributed by atoms with Gasteiger partial charge in [-0.05, 0) is 25.7 Å². The molecule has 0 heterocycles. The van der Waals surface area contributed by atoms with Crippen LogP contribution in [-0.2, 0) is 10.0 Å². The van der Waals surface area contributed by atoms with E-state index in [0.717, 1.165) is 51.4 Å². The van der Waals surface area contributed by atoms with Crippen LogP contribution in [0.4, 0.5) is 0 Å². The molecule has 2 aliphatic carbocycles. The molecule has 0 atom stereocenters. The Bertz CT molecular complexity index is 330. The monoisotopic (exact) mass is 265 g/mol. The van der Waals surface area contributed by atoms with Crippen molar-refractivity contribution in [2.75, 3.05) is 5.88 Å². The number of alkyl halides is 1. The first-order chi connectivity index (χ1) is 7.58. The predicted octanol–water partition coefficient (Wildman–Crippen LogP) is 2.40. The van der Waals surface area contributed by atoms with E-state index in [9.17, 15) is 8.42 Å². The molecule has 0 aromatic heterocycles.